The number of aliphatic hydroxyl groups is 2. The highest BCUT2D eigenvalue weighted by molar-refractivity contribution is 7.96. The third-order valence-electron chi connectivity index (χ3n) is 4.72. The average molecular weight is 416 g/mol. The molecule has 154 valence electrons. The molecule has 1 saturated heterocycles. The van der Waals surface area contributed by atoms with Crippen molar-refractivity contribution in [2.75, 3.05) is 17.8 Å². The van der Waals surface area contributed by atoms with Gasteiger partial charge in [-0.3, -0.25) is 9.36 Å². The molecule has 2 aromatic rings. The van der Waals surface area contributed by atoms with Crippen LogP contribution in [0.15, 0.2) is 6.33 Å². The van der Waals surface area contributed by atoms with E-state index in [1.165, 1.54) is 10.9 Å². The van der Waals surface area contributed by atoms with Crippen molar-refractivity contribution in [3.63, 3.8) is 0 Å². The van der Waals surface area contributed by atoms with E-state index >= 15 is 0 Å². The van der Waals surface area contributed by atoms with Gasteiger partial charge in [0.25, 0.3) is 0 Å². The number of aryl methyl sites for hydroxylation is 1. The number of carbonyl (C=O) groups is 1. The van der Waals surface area contributed by atoms with Crippen molar-refractivity contribution >= 4 is 28.0 Å². The minimum atomic E-state index is -1.25. The van der Waals surface area contributed by atoms with Crippen molar-refractivity contribution < 1.29 is 29.2 Å². The molecular formula is C16H23FN5O5S+. The number of nitrogens with zero attached hydrogens (tertiary/aromatic N) is 4. The summed E-state index contributed by atoms with van der Waals surface area (Å²) in [4.78, 5) is 22.3. The molecule has 0 saturated carbocycles. The first-order chi connectivity index (χ1) is 13.2. The number of carboxylic acid groups (broad SMARTS) is 1. The smallest absolute Gasteiger partial charge is 0.320 e. The van der Waals surface area contributed by atoms with Gasteiger partial charge in [0.1, 0.15) is 41.4 Å². The fourth-order valence-electron chi connectivity index (χ4n) is 3.12. The summed E-state index contributed by atoms with van der Waals surface area (Å²) in [6.07, 6.45) is -1.36. The lowest BCUT2D eigenvalue weighted by Crippen LogP contribution is -2.37. The van der Waals surface area contributed by atoms with Crippen LogP contribution < -0.4 is 5.73 Å². The third-order valence-corrected chi connectivity index (χ3v) is 6.55. The molecule has 0 aliphatic carbocycles. The Kier molecular flexibility index (Phi) is 6.15. The molecule has 0 amide bonds. The van der Waals surface area contributed by atoms with Crippen LogP contribution in [0.2, 0.25) is 0 Å². The van der Waals surface area contributed by atoms with Crippen LogP contribution in [0.3, 0.4) is 0 Å². The Labute approximate surface area is 162 Å². The van der Waals surface area contributed by atoms with Gasteiger partial charge in [-0.25, -0.2) is 9.97 Å². The molecule has 3 rings (SSSR count). The number of rotatable bonds is 7. The minimum absolute atomic E-state index is 0.171. The molecule has 0 radical (unpaired) electrons. The predicted octanol–water partition coefficient (Wildman–Crippen LogP) is -1.06. The van der Waals surface area contributed by atoms with E-state index < -0.39 is 42.6 Å². The highest BCUT2D eigenvalue weighted by Crippen LogP contribution is 2.32. The van der Waals surface area contributed by atoms with Crippen LogP contribution in [-0.4, -0.2) is 82.9 Å². The van der Waals surface area contributed by atoms with Gasteiger partial charge in [-0.2, -0.15) is 9.37 Å². The first kappa shape index (κ1) is 20.9. The van der Waals surface area contributed by atoms with E-state index in [1.807, 2.05) is 6.26 Å². The normalized spacial score (nSPS) is 27.2. The van der Waals surface area contributed by atoms with Gasteiger partial charge in [-0.15, -0.1) is 0 Å². The number of hydrogen-bond donors (Lipinski definition) is 4. The van der Waals surface area contributed by atoms with Crippen molar-refractivity contribution in [3.8, 4) is 0 Å². The average Bonchev–Trinajstić information content (AvgIpc) is 3.16. The van der Waals surface area contributed by atoms with Crippen LogP contribution in [0.1, 0.15) is 18.3 Å². The number of carboxylic acids is 1. The zero-order chi connectivity index (χ0) is 20.6. The Morgan fingerprint density at radius 2 is 2.14 bits per heavy atom. The van der Waals surface area contributed by atoms with Crippen molar-refractivity contribution in [1.29, 1.82) is 0 Å². The zero-order valence-electron chi connectivity index (χ0n) is 15.4. The fourth-order valence-corrected chi connectivity index (χ4v) is 4.78. The summed E-state index contributed by atoms with van der Waals surface area (Å²) in [5.74, 6) is -0.0659. The van der Waals surface area contributed by atoms with Crippen molar-refractivity contribution in [2.45, 2.75) is 43.9 Å². The SMILES string of the molecule is Cc1nc(F)nc2c1ncn2[C@@H]1O[C@H](C[S+](C)CC[C@H](N)C(=O)O)[C@@H](O)[C@H]1O. The molecule has 28 heavy (non-hydrogen) atoms. The quantitative estimate of drug-likeness (QED) is 0.326. The van der Waals surface area contributed by atoms with E-state index in [0.29, 0.717) is 29.1 Å². The number of nitrogens with two attached hydrogens (primary N) is 1. The monoisotopic (exact) mass is 416 g/mol. The number of imidazole rings is 1. The highest BCUT2D eigenvalue weighted by atomic mass is 32.2. The maximum Gasteiger partial charge on any atom is 0.320 e. The van der Waals surface area contributed by atoms with Crippen LogP contribution in [0.25, 0.3) is 11.2 Å². The second-order valence-corrected chi connectivity index (χ2v) is 9.14. The minimum Gasteiger partial charge on any atom is -0.480 e. The first-order valence-corrected chi connectivity index (χ1v) is 10.6. The molecule has 0 aromatic carbocycles. The van der Waals surface area contributed by atoms with Crippen LogP contribution in [-0.2, 0) is 20.4 Å². The lowest BCUT2D eigenvalue weighted by molar-refractivity contribution is -0.138. The van der Waals surface area contributed by atoms with E-state index in [0.717, 1.165) is 0 Å². The van der Waals surface area contributed by atoms with E-state index in [4.69, 9.17) is 15.6 Å². The largest absolute Gasteiger partial charge is 0.480 e. The number of ether oxygens (including phenoxy) is 1. The maximum absolute atomic E-state index is 13.6. The number of halogens is 1. The van der Waals surface area contributed by atoms with Gasteiger partial charge >= 0.3 is 12.0 Å². The van der Waals surface area contributed by atoms with E-state index in [9.17, 15) is 19.4 Å². The lowest BCUT2D eigenvalue weighted by Gasteiger charge is -2.16. The molecule has 1 aliphatic rings. The molecule has 6 atom stereocenters. The molecule has 3 heterocycles. The second-order valence-electron chi connectivity index (χ2n) is 6.83. The fraction of sp³-hybridized carbons (Fsp3) is 0.625. The number of fused-ring (bicyclic) bond motifs is 1. The van der Waals surface area contributed by atoms with Gasteiger partial charge in [0.15, 0.2) is 11.9 Å². The van der Waals surface area contributed by atoms with Gasteiger partial charge < -0.3 is 25.8 Å². The Morgan fingerprint density at radius 3 is 2.82 bits per heavy atom. The molecular weight excluding hydrogens is 393 g/mol. The molecule has 1 fully saturated rings. The highest BCUT2D eigenvalue weighted by Gasteiger charge is 2.46. The number of aromatic nitrogens is 4. The molecule has 0 spiro atoms. The lowest BCUT2D eigenvalue weighted by atomic mass is 10.1. The molecule has 1 unspecified atom stereocenters. The Morgan fingerprint density at radius 1 is 1.43 bits per heavy atom. The number of hydrogen-bond acceptors (Lipinski definition) is 8. The summed E-state index contributed by atoms with van der Waals surface area (Å²) in [5, 5.41) is 29.7. The van der Waals surface area contributed by atoms with Gasteiger partial charge in [-0.1, -0.05) is 0 Å². The number of aliphatic hydroxyl groups excluding tert-OH is 2. The van der Waals surface area contributed by atoms with E-state index in [2.05, 4.69) is 15.0 Å². The van der Waals surface area contributed by atoms with E-state index in [-0.39, 0.29) is 16.5 Å². The number of aliphatic carboxylic acids is 1. The van der Waals surface area contributed by atoms with Crippen molar-refractivity contribution in [2.24, 2.45) is 5.73 Å². The second kappa shape index (κ2) is 8.25. The Balaban J connectivity index is 1.72. The summed E-state index contributed by atoms with van der Waals surface area (Å²) in [7, 11) is -0.279. The molecule has 12 heteroatoms. The van der Waals surface area contributed by atoms with Crippen molar-refractivity contribution in [1.82, 2.24) is 19.5 Å². The van der Waals surface area contributed by atoms with Gasteiger partial charge in [0.2, 0.25) is 0 Å². The van der Waals surface area contributed by atoms with Crippen LogP contribution in [0, 0.1) is 13.0 Å². The van der Waals surface area contributed by atoms with Crippen LogP contribution in [0.5, 0.6) is 0 Å². The topological polar surface area (TPSA) is 157 Å². The molecule has 5 N–H and O–H groups in total. The van der Waals surface area contributed by atoms with Crippen molar-refractivity contribution in [3.05, 3.63) is 18.1 Å². The Hall–Kier alpha value is -1.86. The zero-order valence-corrected chi connectivity index (χ0v) is 16.2. The molecule has 1 aliphatic heterocycles. The Bertz CT molecular complexity index is 867. The predicted molar refractivity (Wildman–Crippen MR) is 99.2 cm³/mol. The van der Waals surface area contributed by atoms with Gasteiger partial charge in [-0.05, 0) is 17.8 Å². The summed E-state index contributed by atoms with van der Waals surface area (Å²) >= 11 is 0. The molecule has 2 aromatic heterocycles. The van der Waals surface area contributed by atoms with Gasteiger partial charge in [0, 0.05) is 6.42 Å². The standard InChI is InChI=1S/C16H22FN5O5S/c1-7-10-13(21-16(17)20-7)22(6-19-10)14-12(24)11(23)9(27-14)5-28(2)4-3-8(18)15(25)26/h6,8-9,11-12,14,23-24H,3-5,18H2,1-2H3/p+1/t8-,9+,11+,12+,14+,28?/m0/s1. The summed E-state index contributed by atoms with van der Waals surface area (Å²) in [5.41, 5.74) is 6.43. The summed E-state index contributed by atoms with van der Waals surface area (Å²) in [6, 6.07) is -0.933. The molecule has 0 bridgehead atoms. The maximum atomic E-state index is 13.6. The van der Waals surface area contributed by atoms with Gasteiger partial charge in [0.05, 0.1) is 18.3 Å². The molecule has 10 nitrogen and oxygen atoms in total. The summed E-state index contributed by atoms with van der Waals surface area (Å²) in [6.45, 7) is 1.60. The summed E-state index contributed by atoms with van der Waals surface area (Å²) < 4.78 is 20.8. The van der Waals surface area contributed by atoms with E-state index in [1.54, 1.807) is 6.92 Å². The van der Waals surface area contributed by atoms with Crippen LogP contribution >= 0.6 is 0 Å². The first-order valence-electron chi connectivity index (χ1n) is 8.64. The van der Waals surface area contributed by atoms with Crippen LogP contribution in [0.4, 0.5) is 4.39 Å². The third kappa shape index (κ3) is 4.10.